The molecule has 0 saturated carbocycles. The fraction of sp³-hybridized carbons (Fsp3) is 0.400. The third-order valence-electron chi connectivity index (χ3n) is 4.16. The van der Waals surface area contributed by atoms with Crippen LogP contribution in [0.1, 0.15) is 47.6 Å². The first-order valence-corrected chi connectivity index (χ1v) is 9.66. The third kappa shape index (κ3) is 3.96. The highest BCUT2D eigenvalue weighted by Crippen LogP contribution is 2.42. The van der Waals surface area contributed by atoms with Gasteiger partial charge in [0.2, 0.25) is 5.91 Å². The largest absolute Gasteiger partial charge is 0.472 e. The lowest BCUT2D eigenvalue weighted by Crippen LogP contribution is -2.52. The first-order chi connectivity index (χ1) is 12.3. The number of nitrogens with zero attached hydrogens (tertiary/aromatic N) is 1. The molecule has 1 aromatic heterocycles. The summed E-state index contributed by atoms with van der Waals surface area (Å²) in [6, 6.07) is 8.77. The van der Waals surface area contributed by atoms with Gasteiger partial charge < -0.3 is 14.6 Å². The van der Waals surface area contributed by atoms with E-state index >= 15 is 0 Å². The molecule has 0 radical (unpaired) electrons. The predicted octanol–water partition coefficient (Wildman–Crippen LogP) is 3.76. The Morgan fingerprint density at radius 3 is 2.46 bits per heavy atom. The number of amides is 2. The van der Waals surface area contributed by atoms with E-state index in [2.05, 4.69) is 5.32 Å². The third-order valence-corrected chi connectivity index (χ3v) is 5.49. The molecule has 1 aliphatic rings. The van der Waals surface area contributed by atoms with Gasteiger partial charge in [0.15, 0.2) is 0 Å². The van der Waals surface area contributed by atoms with Crippen molar-refractivity contribution < 1.29 is 14.0 Å². The number of hydrogen-bond acceptors (Lipinski definition) is 4. The van der Waals surface area contributed by atoms with Crippen molar-refractivity contribution >= 4 is 23.6 Å². The van der Waals surface area contributed by atoms with E-state index in [0.29, 0.717) is 11.3 Å². The number of furan rings is 1. The second-order valence-corrected chi connectivity index (χ2v) is 8.69. The highest BCUT2D eigenvalue weighted by atomic mass is 32.2. The molecule has 2 unspecified atom stereocenters. The summed E-state index contributed by atoms with van der Waals surface area (Å²) in [5.41, 5.74) is 2.21. The van der Waals surface area contributed by atoms with Crippen LogP contribution in [0.25, 0.3) is 0 Å². The maximum absolute atomic E-state index is 13.2. The van der Waals surface area contributed by atoms with E-state index in [1.165, 1.54) is 0 Å². The summed E-state index contributed by atoms with van der Waals surface area (Å²) in [5, 5.41) is 2.77. The maximum atomic E-state index is 13.2. The fourth-order valence-corrected chi connectivity index (χ4v) is 4.33. The van der Waals surface area contributed by atoms with Crippen LogP contribution >= 0.6 is 11.8 Å². The SMILES string of the molecule is Cc1ccc(C(=O)N2C(C(=O)NC(C)(C)C)CSC2c2ccoc2)cc1. The Morgan fingerprint density at radius 1 is 1.19 bits per heavy atom. The molecular weight excluding hydrogens is 348 g/mol. The van der Waals surface area contributed by atoms with Gasteiger partial charge in [0.05, 0.1) is 12.5 Å². The summed E-state index contributed by atoms with van der Waals surface area (Å²) in [4.78, 5) is 27.8. The number of benzene rings is 1. The first kappa shape index (κ1) is 18.6. The molecule has 2 heterocycles. The Balaban J connectivity index is 1.93. The van der Waals surface area contributed by atoms with Gasteiger partial charge in [0.25, 0.3) is 5.91 Å². The van der Waals surface area contributed by atoms with Gasteiger partial charge in [-0.25, -0.2) is 0 Å². The van der Waals surface area contributed by atoms with Crippen molar-refractivity contribution in [2.75, 3.05) is 5.75 Å². The number of rotatable bonds is 3. The minimum absolute atomic E-state index is 0.128. The van der Waals surface area contributed by atoms with E-state index in [-0.39, 0.29) is 22.7 Å². The van der Waals surface area contributed by atoms with Gasteiger partial charge in [0.1, 0.15) is 11.4 Å². The van der Waals surface area contributed by atoms with Gasteiger partial charge in [-0.2, -0.15) is 0 Å². The lowest BCUT2D eigenvalue weighted by atomic mass is 10.1. The van der Waals surface area contributed by atoms with E-state index < -0.39 is 6.04 Å². The average molecular weight is 372 g/mol. The van der Waals surface area contributed by atoms with Gasteiger partial charge in [-0.1, -0.05) is 17.7 Å². The van der Waals surface area contributed by atoms with Crippen LogP contribution in [-0.4, -0.2) is 34.0 Å². The molecule has 2 atom stereocenters. The Kier molecular flexibility index (Phi) is 5.14. The Labute approximate surface area is 158 Å². The van der Waals surface area contributed by atoms with E-state index in [4.69, 9.17) is 4.42 Å². The van der Waals surface area contributed by atoms with Crippen molar-refractivity contribution in [3.8, 4) is 0 Å². The van der Waals surface area contributed by atoms with Crippen molar-refractivity contribution in [2.24, 2.45) is 0 Å². The summed E-state index contributed by atoms with van der Waals surface area (Å²) >= 11 is 1.58. The molecule has 5 nitrogen and oxygen atoms in total. The van der Waals surface area contributed by atoms with E-state index in [1.54, 1.807) is 29.2 Å². The molecule has 2 amide bonds. The van der Waals surface area contributed by atoms with Gasteiger partial charge in [-0.3, -0.25) is 9.59 Å². The van der Waals surface area contributed by atoms with Gasteiger partial charge >= 0.3 is 0 Å². The monoisotopic (exact) mass is 372 g/mol. The van der Waals surface area contributed by atoms with Gasteiger partial charge in [-0.15, -0.1) is 11.8 Å². The fourth-order valence-electron chi connectivity index (χ4n) is 2.93. The zero-order valence-corrected chi connectivity index (χ0v) is 16.3. The van der Waals surface area contributed by atoms with Crippen molar-refractivity contribution in [1.29, 1.82) is 0 Å². The van der Waals surface area contributed by atoms with Crippen LogP contribution in [-0.2, 0) is 4.79 Å². The molecule has 138 valence electrons. The van der Waals surface area contributed by atoms with Crippen molar-refractivity contribution in [2.45, 2.75) is 44.6 Å². The molecule has 1 saturated heterocycles. The number of carbonyl (C=O) groups excluding carboxylic acids is 2. The molecule has 6 heteroatoms. The maximum Gasteiger partial charge on any atom is 0.255 e. The average Bonchev–Trinajstić information content (AvgIpc) is 3.22. The molecule has 2 aromatic rings. The van der Waals surface area contributed by atoms with Gasteiger partial charge in [0, 0.05) is 22.4 Å². The normalized spacial score (nSPS) is 20.2. The number of hydrogen-bond donors (Lipinski definition) is 1. The van der Waals surface area contributed by atoms with Gasteiger partial charge in [-0.05, 0) is 45.9 Å². The van der Waals surface area contributed by atoms with Crippen LogP contribution in [0.2, 0.25) is 0 Å². The molecule has 1 N–H and O–H groups in total. The number of nitrogens with one attached hydrogen (secondary N) is 1. The predicted molar refractivity (Wildman–Crippen MR) is 103 cm³/mol. The van der Waals surface area contributed by atoms with Crippen LogP contribution in [0.4, 0.5) is 0 Å². The van der Waals surface area contributed by atoms with E-state index in [1.807, 2.05) is 58.0 Å². The van der Waals surface area contributed by atoms with Crippen molar-refractivity contribution in [3.63, 3.8) is 0 Å². The zero-order chi connectivity index (χ0) is 18.9. The van der Waals surface area contributed by atoms with Crippen LogP contribution in [0.3, 0.4) is 0 Å². The van der Waals surface area contributed by atoms with Crippen molar-refractivity contribution in [3.05, 3.63) is 59.5 Å². The second-order valence-electron chi connectivity index (χ2n) is 7.58. The summed E-state index contributed by atoms with van der Waals surface area (Å²) in [6.45, 7) is 7.79. The van der Waals surface area contributed by atoms with Crippen molar-refractivity contribution in [1.82, 2.24) is 10.2 Å². The molecular formula is C20H24N2O3S. The molecule has 0 bridgehead atoms. The molecule has 26 heavy (non-hydrogen) atoms. The summed E-state index contributed by atoms with van der Waals surface area (Å²) in [5.74, 6) is 0.279. The topological polar surface area (TPSA) is 62.6 Å². The summed E-state index contributed by atoms with van der Waals surface area (Å²) in [6.07, 6.45) is 3.23. The quantitative estimate of drug-likeness (QED) is 0.891. The van der Waals surface area contributed by atoms with Crippen LogP contribution < -0.4 is 5.32 Å². The Morgan fingerprint density at radius 2 is 1.88 bits per heavy atom. The molecule has 0 spiro atoms. The second kappa shape index (κ2) is 7.19. The van der Waals surface area contributed by atoms with Crippen LogP contribution in [0.5, 0.6) is 0 Å². The minimum Gasteiger partial charge on any atom is -0.472 e. The highest BCUT2D eigenvalue weighted by molar-refractivity contribution is 7.99. The molecule has 1 aromatic carbocycles. The number of thioether (sulfide) groups is 1. The number of carbonyl (C=O) groups is 2. The highest BCUT2D eigenvalue weighted by Gasteiger charge is 2.43. The summed E-state index contributed by atoms with van der Waals surface area (Å²) in [7, 11) is 0. The smallest absolute Gasteiger partial charge is 0.255 e. The number of aryl methyl sites for hydroxylation is 1. The lowest BCUT2D eigenvalue weighted by Gasteiger charge is -2.31. The molecule has 3 rings (SSSR count). The lowest BCUT2D eigenvalue weighted by molar-refractivity contribution is -0.126. The first-order valence-electron chi connectivity index (χ1n) is 8.61. The van der Waals surface area contributed by atoms with E-state index in [9.17, 15) is 9.59 Å². The zero-order valence-electron chi connectivity index (χ0n) is 15.5. The van der Waals surface area contributed by atoms with Crippen LogP contribution in [0.15, 0.2) is 47.3 Å². The molecule has 0 aliphatic carbocycles. The molecule has 1 aliphatic heterocycles. The minimum atomic E-state index is -0.520. The standard InChI is InChI=1S/C20H24N2O3S/c1-13-5-7-14(8-6-13)18(24)22-16(17(23)21-20(2,3)4)12-26-19(22)15-9-10-25-11-15/h5-11,16,19H,12H2,1-4H3,(H,21,23). The van der Waals surface area contributed by atoms with Crippen LogP contribution in [0, 0.1) is 6.92 Å². The van der Waals surface area contributed by atoms with E-state index in [0.717, 1.165) is 11.1 Å². The Bertz CT molecular complexity index is 778. The molecule has 1 fully saturated rings. The Hall–Kier alpha value is -2.21. The summed E-state index contributed by atoms with van der Waals surface area (Å²) < 4.78 is 5.20.